The Balaban J connectivity index is 2.82. The Morgan fingerprint density at radius 2 is 1.78 bits per heavy atom. The Morgan fingerprint density at radius 3 is 2.30 bits per heavy atom. The van der Waals surface area contributed by atoms with Gasteiger partial charge in [-0.05, 0) is 45.0 Å². The van der Waals surface area contributed by atoms with Crippen LogP contribution in [0.3, 0.4) is 0 Å². The molecule has 0 aliphatic rings. The molecule has 0 saturated carbocycles. The molecule has 23 heavy (non-hydrogen) atoms. The van der Waals surface area contributed by atoms with Crippen molar-refractivity contribution in [1.82, 2.24) is 10.4 Å². The lowest BCUT2D eigenvalue weighted by atomic mass is 10.1. The fourth-order valence-corrected chi connectivity index (χ4v) is 1.94. The van der Waals surface area contributed by atoms with Crippen LogP contribution in [0.5, 0.6) is 0 Å². The summed E-state index contributed by atoms with van der Waals surface area (Å²) in [5.74, 6) is 5.33. The van der Waals surface area contributed by atoms with Crippen LogP contribution in [0.25, 0.3) is 0 Å². The van der Waals surface area contributed by atoms with Crippen LogP contribution >= 0.6 is 11.6 Å². The SMILES string of the molecule is CCC#CCCC(=O)NN(C(=O)c1ccc(Cl)cc1)C(C)(C)C. The molecule has 0 aromatic heterocycles. The van der Waals surface area contributed by atoms with E-state index in [1.165, 1.54) is 5.01 Å². The molecule has 0 aliphatic carbocycles. The number of halogens is 1. The second-order valence-electron chi connectivity index (χ2n) is 6.06. The lowest BCUT2D eigenvalue weighted by molar-refractivity contribution is -0.126. The van der Waals surface area contributed by atoms with Crippen molar-refractivity contribution >= 4 is 23.4 Å². The van der Waals surface area contributed by atoms with Crippen LogP contribution in [0, 0.1) is 11.8 Å². The number of carbonyl (C=O) groups is 2. The third-order valence-electron chi connectivity index (χ3n) is 2.98. The number of rotatable bonds is 3. The first-order valence-electron chi connectivity index (χ1n) is 7.61. The molecule has 0 radical (unpaired) electrons. The maximum absolute atomic E-state index is 12.7. The van der Waals surface area contributed by atoms with E-state index in [0.717, 1.165) is 6.42 Å². The molecule has 0 aliphatic heterocycles. The van der Waals surface area contributed by atoms with Gasteiger partial charge in [0.2, 0.25) is 5.91 Å². The number of hydrogen-bond donors (Lipinski definition) is 1. The molecule has 1 aromatic rings. The first-order valence-corrected chi connectivity index (χ1v) is 7.99. The summed E-state index contributed by atoms with van der Waals surface area (Å²) in [4.78, 5) is 24.7. The monoisotopic (exact) mass is 334 g/mol. The highest BCUT2D eigenvalue weighted by molar-refractivity contribution is 6.30. The highest BCUT2D eigenvalue weighted by atomic mass is 35.5. The van der Waals surface area contributed by atoms with Crippen molar-refractivity contribution < 1.29 is 9.59 Å². The van der Waals surface area contributed by atoms with E-state index in [-0.39, 0.29) is 18.2 Å². The van der Waals surface area contributed by atoms with Crippen molar-refractivity contribution in [1.29, 1.82) is 0 Å². The van der Waals surface area contributed by atoms with Gasteiger partial charge in [-0.1, -0.05) is 18.5 Å². The lowest BCUT2D eigenvalue weighted by Gasteiger charge is -2.35. The maximum Gasteiger partial charge on any atom is 0.272 e. The van der Waals surface area contributed by atoms with Gasteiger partial charge in [0.1, 0.15) is 0 Å². The molecule has 1 N–H and O–H groups in total. The molecular weight excluding hydrogens is 312 g/mol. The Labute approximate surface area is 143 Å². The van der Waals surface area contributed by atoms with E-state index in [4.69, 9.17) is 11.6 Å². The molecule has 4 nitrogen and oxygen atoms in total. The topological polar surface area (TPSA) is 49.4 Å². The van der Waals surface area contributed by atoms with Gasteiger partial charge in [0.25, 0.3) is 5.91 Å². The van der Waals surface area contributed by atoms with Crippen LogP contribution < -0.4 is 5.43 Å². The second-order valence-corrected chi connectivity index (χ2v) is 6.50. The third-order valence-corrected chi connectivity index (χ3v) is 3.23. The fourth-order valence-electron chi connectivity index (χ4n) is 1.81. The number of hydrazine groups is 1. The van der Waals surface area contributed by atoms with Gasteiger partial charge in [-0.25, -0.2) is 5.01 Å². The Kier molecular flexibility index (Phi) is 7.12. The molecule has 124 valence electrons. The van der Waals surface area contributed by atoms with Crippen LogP contribution in [0.4, 0.5) is 0 Å². The number of nitrogens with zero attached hydrogens (tertiary/aromatic N) is 1. The zero-order valence-electron chi connectivity index (χ0n) is 14.1. The molecule has 0 bridgehead atoms. The second kappa shape index (κ2) is 8.59. The largest absolute Gasteiger partial charge is 0.273 e. The normalized spacial score (nSPS) is 10.5. The minimum Gasteiger partial charge on any atom is -0.273 e. The summed E-state index contributed by atoms with van der Waals surface area (Å²) in [7, 11) is 0. The molecule has 0 unspecified atom stereocenters. The fraction of sp³-hybridized carbons (Fsp3) is 0.444. The molecule has 2 amide bonds. The highest BCUT2D eigenvalue weighted by Crippen LogP contribution is 2.17. The summed E-state index contributed by atoms with van der Waals surface area (Å²) in [5, 5.41) is 1.91. The first kappa shape index (κ1) is 19.1. The molecule has 0 fully saturated rings. The van der Waals surface area contributed by atoms with Crippen LogP contribution in [0.1, 0.15) is 57.3 Å². The zero-order valence-corrected chi connectivity index (χ0v) is 14.8. The predicted octanol–water partition coefficient (Wildman–Crippen LogP) is 3.81. The van der Waals surface area contributed by atoms with Gasteiger partial charge in [0.15, 0.2) is 0 Å². The van der Waals surface area contributed by atoms with Gasteiger partial charge in [-0.15, -0.1) is 11.8 Å². The van der Waals surface area contributed by atoms with E-state index in [1.807, 2.05) is 27.7 Å². The van der Waals surface area contributed by atoms with Crippen LogP contribution in [0.2, 0.25) is 5.02 Å². The highest BCUT2D eigenvalue weighted by Gasteiger charge is 2.29. The lowest BCUT2D eigenvalue weighted by Crippen LogP contribution is -2.55. The summed E-state index contributed by atoms with van der Waals surface area (Å²) in [5.41, 5.74) is 2.60. The van der Waals surface area contributed by atoms with E-state index in [2.05, 4.69) is 17.3 Å². The van der Waals surface area contributed by atoms with E-state index in [9.17, 15) is 9.59 Å². The Morgan fingerprint density at radius 1 is 1.17 bits per heavy atom. The smallest absolute Gasteiger partial charge is 0.272 e. The molecule has 0 atom stereocenters. The molecule has 1 rings (SSSR count). The average Bonchev–Trinajstić information content (AvgIpc) is 2.48. The molecule has 0 saturated heterocycles. The van der Waals surface area contributed by atoms with Crippen molar-refractivity contribution in [3.8, 4) is 11.8 Å². The summed E-state index contributed by atoms with van der Waals surface area (Å²) >= 11 is 5.85. The van der Waals surface area contributed by atoms with Crippen LogP contribution in [-0.2, 0) is 4.79 Å². The minimum atomic E-state index is -0.554. The summed E-state index contributed by atoms with van der Waals surface area (Å²) in [6.45, 7) is 7.53. The van der Waals surface area contributed by atoms with E-state index in [0.29, 0.717) is 17.0 Å². The third kappa shape index (κ3) is 6.33. The van der Waals surface area contributed by atoms with E-state index >= 15 is 0 Å². The van der Waals surface area contributed by atoms with Crippen molar-refractivity contribution in [2.75, 3.05) is 0 Å². The standard InChI is InChI=1S/C18H23ClN2O2/c1-5-6-7-8-9-16(22)20-21(18(2,3)4)17(23)14-10-12-15(19)13-11-14/h10-13H,5,8-9H2,1-4H3,(H,20,22). The van der Waals surface area contributed by atoms with E-state index < -0.39 is 5.54 Å². The van der Waals surface area contributed by atoms with E-state index in [1.54, 1.807) is 24.3 Å². The molecule has 0 spiro atoms. The number of hydrogen-bond acceptors (Lipinski definition) is 2. The van der Waals surface area contributed by atoms with Gasteiger partial charge in [-0.2, -0.15) is 0 Å². The quantitative estimate of drug-likeness (QED) is 0.675. The minimum absolute atomic E-state index is 0.229. The van der Waals surface area contributed by atoms with Crippen molar-refractivity contribution in [3.05, 3.63) is 34.9 Å². The summed E-state index contributed by atoms with van der Waals surface area (Å²) in [6.07, 6.45) is 1.51. The van der Waals surface area contributed by atoms with Gasteiger partial charge in [0, 0.05) is 29.8 Å². The van der Waals surface area contributed by atoms with Crippen molar-refractivity contribution in [3.63, 3.8) is 0 Å². The number of carbonyl (C=O) groups excluding carboxylic acids is 2. The van der Waals surface area contributed by atoms with Gasteiger partial charge in [-0.3, -0.25) is 15.0 Å². The number of nitrogens with one attached hydrogen (secondary N) is 1. The molecule has 0 heterocycles. The summed E-state index contributed by atoms with van der Waals surface area (Å²) in [6, 6.07) is 6.58. The molecular formula is C18H23ClN2O2. The maximum atomic E-state index is 12.7. The van der Waals surface area contributed by atoms with Gasteiger partial charge < -0.3 is 0 Å². The van der Waals surface area contributed by atoms with Gasteiger partial charge in [0.05, 0.1) is 5.54 Å². The van der Waals surface area contributed by atoms with Crippen LogP contribution in [0.15, 0.2) is 24.3 Å². The zero-order chi connectivity index (χ0) is 17.5. The van der Waals surface area contributed by atoms with Crippen molar-refractivity contribution in [2.45, 2.75) is 52.5 Å². The Bertz CT molecular complexity index is 607. The first-order chi connectivity index (χ1) is 10.8. The molecule has 1 aromatic carbocycles. The Hall–Kier alpha value is -1.99. The number of amides is 2. The van der Waals surface area contributed by atoms with Gasteiger partial charge >= 0.3 is 0 Å². The number of benzene rings is 1. The molecule has 5 heteroatoms. The predicted molar refractivity (Wildman–Crippen MR) is 92.8 cm³/mol. The van der Waals surface area contributed by atoms with Crippen LogP contribution in [-0.4, -0.2) is 22.4 Å². The average molecular weight is 335 g/mol. The summed E-state index contributed by atoms with van der Waals surface area (Å²) < 4.78 is 0. The van der Waals surface area contributed by atoms with Crippen molar-refractivity contribution in [2.24, 2.45) is 0 Å².